The Balaban J connectivity index is 1.96. The van der Waals surface area contributed by atoms with Crippen molar-refractivity contribution in [2.24, 2.45) is 0 Å². The van der Waals surface area contributed by atoms with Gasteiger partial charge in [-0.3, -0.25) is 10.00 Å². The molecule has 1 aliphatic rings. The van der Waals surface area contributed by atoms with Crippen LogP contribution in [0.15, 0.2) is 24.3 Å². The fraction of sp³-hybridized carbons (Fsp3) is 0.400. The highest BCUT2D eigenvalue weighted by Crippen LogP contribution is 2.38. The summed E-state index contributed by atoms with van der Waals surface area (Å²) >= 11 is 0. The van der Waals surface area contributed by atoms with Crippen LogP contribution < -0.4 is 4.74 Å². The maximum atomic E-state index is 12.5. The summed E-state index contributed by atoms with van der Waals surface area (Å²) in [4.78, 5) is 16.9. The highest BCUT2D eigenvalue weighted by molar-refractivity contribution is 5.67. The van der Waals surface area contributed by atoms with Crippen molar-refractivity contribution in [3.05, 3.63) is 30.1 Å². The average Bonchev–Trinajstić information content (AvgIpc) is 3.13. The smallest absolute Gasteiger partial charge is 0.465 e. The van der Waals surface area contributed by atoms with Gasteiger partial charge in [0, 0.05) is 6.54 Å². The van der Waals surface area contributed by atoms with Crippen LogP contribution in [-0.2, 0) is 5.54 Å². The van der Waals surface area contributed by atoms with Crippen molar-refractivity contribution in [2.45, 2.75) is 31.7 Å². The molecule has 0 bridgehead atoms. The van der Waals surface area contributed by atoms with Crippen LogP contribution in [-0.4, -0.2) is 44.2 Å². The predicted octanol–water partition coefficient (Wildman–Crippen LogP) is 3.36. The molecular formula is C15H15F3N4O3. The normalized spacial score (nSPS) is 20.7. The molecule has 0 unspecified atom stereocenters. The molecule has 7 nitrogen and oxygen atoms in total. The van der Waals surface area contributed by atoms with E-state index in [-0.39, 0.29) is 17.2 Å². The van der Waals surface area contributed by atoms with Gasteiger partial charge in [-0.15, -0.1) is 13.2 Å². The summed E-state index contributed by atoms with van der Waals surface area (Å²) in [5, 5.41) is 15.9. The minimum absolute atomic E-state index is 0.00770. The Hall–Kier alpha value is -2.78. The maximum absolute atomic E-state index is 12.5. The average molecular weight is 356 g/mol. The molecule has 2 aromatic rings. The van der Waals surface area contributed by atoms with Crippen molar-refractivity contribution < 1.29 is 27.8 Å². The second kappa shape index (κ2) is 5.94. The lowest BCUT2D eigenvalue weighted by atomic mass is 9.98. The van der Waals surface area contributed by atoms with Gasteiger partial charge in [0.15, 0.2) is 11.6 Å². The number of ether oxygens (including phenoxy) is 1. The van der Waals surface area contributed by atoms with E-state index >= 15 is 0 Å². The molecule has 0 aliphatic carbocycles. The van der Waals surface area contributed by atoms with Crippen molar-refractivity contribution in [2.75, 3.05) is 6.54 Å². The number of carboxylic acid groups (broad SMARTS) is 1. The third kappa shape index (κ3) is 3.24. The third-order valence-corrected chi connectivity index (χ3v) is 4.22. The maximum Gasteiger partial charge on any atom is 0.573 e. The molecule has 2 N–H and O–H groups in total. The summed E-state index contributed by atoms with van der Waals surface area (Å²) in [7, 11) is 0. The van der Waals surface area contributed by atoms with Crippen molar-refractivity contribution >= 4 is 6.09 Å². The zero-order valence-corrected chi connectivity index (χ0v) is 13.2. The first-order valence-electron chi connectivity index (χ1n) is 7.49. The molecule has 1 aromatic carbocycles. The first kappa shape index (κ1) is 17.1. The molecule has 10 heteroatoms. The lowest BCUT2D eigenvalue weighted by molar-refractivity contribution is -0.274. The number of carbonyl (C=O) groups is 1. The SMILES string of the molecule is C[C@@]1(c2nc(-c3ccccc3OC(F)(F)F)n[nH]2)CCCN1C(=O)O. The van der Waals surface area contributed by atoms with Gasteiger partial charge in [-0.2, -0.15) is 5.10 Å². The van der Waals surface area contributed by atoms with Gasteiger partial charge in [0.25, 0.3) is 0 Å². The Kier molecular flexibility index (Phi) is 4.05. The standard InChI is InChI=1S/C15H15F3N4O3/c1-14(7-4-8-22(14)13(23)24)12-19-11(20-21-12)9-5-2-3-6-10(9)25-15(16,17)18/h2-3,5-6H,4,7-8H2,1H3,(H,23,24)(H,19,20,21)/t14-/m0/s1. The molecule has 2 heterocycles. The van der Waals surface area contributed by atoms with Gasteiger partial charge < -0.3 is 9.84 Å². The number of alkyl halides is 3. The number of nitrogens with zero attached hydrogens (tertiary/aromatic N) is 3. The quantitative estimate of drug-likeness (QED) is 0.880. The minimum Gasteiger partial charge on any atom is -0.465 e. The largest absolute Gasteiger partial charge is 0.573 e. The van der Waals surface area contributed by atoms with Crippen molar-refractivity contribution in [1.82, 2.24) is 20.1 Å². The van der Waals surface area contributed by atoms with Crippen LogP contribution in [0.3, 0.4) is 0 Å². The second-order valence-electron chi connectivity index (χ2n) is 5.86. The second-order valence-corrected chi connectivity index (χ2v) is 5.86. The number of hydrogen-bond donors (Lipinski definition) is 2. The molecule has 0 saturated carbocycles. The number of amides is 1. The number of para-hydroxylation sites is 1. The van der Waals surface area contributed by atoms with E-state index in [1.54, 1.807) is 6.92 Å². The molecule has 1 aromatic heterocycles. The Bertz CT molecular complexity index is 792. The molecule has 134 valence electrons. The summed E-state index contributed by atoms with van der Waals surface area (Å²) in [6, 6.07) is 5.51. The van der Waals surface area contributed by atoms with Crippen molar-refractivity contribution in [1.29, 1.82) is 0 Å². The number of nitrogens with one attached hydrogen (secondary N) is 1. The summed E-state index contributed by atoms with van der Waals surface area (Å²) in [5.41, 5.74) is -0.845. The van der Waals surface area contributed by atoms with E-state index in [1.165, 1.54) is 29.2 Å². The predicted molar refractivity (Wildman–Crippen MR) is 79.8 cm³/mol. The van der Waals surface area contributed by atoms with E-state index in [4.69, 9.17) is 0 Å². The highest BCUT2D eigenvalue weighted by atomic mass is 19.4. The number of aromatic nitrogens is 3. The van der Waals surface area contributed by atoms with E-state index in [0.29, 0.717) is 19.4 Å². The van der Waals surface area contributed by atoms with Gasteiger partial charge in [-0.25, -0.2) is 9.78 Å². The number of likely N-dealkylation sites (tertiary alicyclic amines) is 1. The Morgan fingerprint density at radius 1 is 1.40 bits per heavy atom. The summed E-state index contributed by atoms with van der Waals surface area (Å²) < 4.78 is 41.6. The van der Waals surface area contributed by atoms with E-state index in [0.717, 1.165) is 0 Å². The Morgan fingerprint density at radius 2 is 2.12 bits per heavy atom. The highest BCUT2D eigenvalue weighted by Gasteiger charge is 2.44. The lowest BCUT2D eigenvalue weighted by Gasteiger charge is -2.30. The van der Waals surface area contributed by atoms with Crippen LogP contribution in [0.1, 0.15) is 25.6 Å². The molecule has 1 aliphatic heterocycles. The Morgan fingerprint density at radius 3 is 2.80 bits per heavy atom. The minimum atomic E-state index is -4.84. The molecule has 25 heavy (non-hydrogen) atoms. The van der Waals surface area contributed by atoms with E-state index in [1.807, 2.05) is 0 Å². The van der Waals surface area contributed by atoms with Gasteiger partial charge in [0.2, 0.25) is 0 Å². The fourth-order valence-electron chi connectivity index (χ4n) is 3.00. The van der Waals surface area contributed by atoms with Crippen LogP contribution >= 0.6 is 0 Å². The number of rotatable bonds is 3. The molecule has 1 fully saturated rings. The molecule has 0 radical (unpaired) electrons. The molecule has 1 amide bonds. The van der Waals surface area contributed by atoms with Crippen LogP contribution in [0.2, 0.25) is 0 Å². The van der Waals surface area contributed by atoms with Crippen LogP contribution in [0.5, 0.6) is 5.75 Å². The zero-order valence-electron chi connectivity index (χ0n) is 13.2. The summed E-state index contributed by atoms with van der Waals surface area (Å²) in [5.74, 6) is -0.134. The van der Waals surface area contributed by atoms with Crippen LogP contribution in [0, 0.1) is 0 Å². The molecule has 1 atom stereocenters. The van der Waals surface area contributed by atoms with Crippen LogP contribution in [0.25, 0.3) is 11.4 Å². The zero-order chi connectivity index (χ0) is 18.2. The topological polar surface area (TPSA) is 91.3 Å². The van der Waals surface area contributed by atoms with Gasteiger partial charge in [0.1, 0.15) is 11.3 Å². The summed E-state index contributed by atoms with van der Waals surface area (Å²) in [6.07, 6.45) is -4.73. The van der Waals surface area contributed by atoms with Crippen LogP contribution in [0.4, 0.5) is 18.0 Å². The van der Waals surface area contributed by atoms with Crippen molar-refractivity contribution in [3.8, 4) is 17.1 Å². The lowest BCUT2D eigenvalue weighted by Crippen LogP contribution is -2.42. The Labute approximate surface area is 140 Å². The van der Waals surface area contributed by atoms with E-state index in [2.05, 4.69) is 19.9 Å². The number of H-pyrrole nitrogens is 1. The van der Waals surface area contributed by atoms with Gasteiger partial charge in [-0.05, 0) is 31.9 Å². The number of aromatic amines is 1. The third-order valence-electron chi connectivity index (χ3n) is 4.22. The molecule has 3 rings (SSSR count). The number of hydrogen-bond acceptors (Lipinski definition) is 4. The molecular weight excluding hydrogens is 341 g/mol. The summed E-state index contributed by atoms with van der Waals surface area (Å²) in [6.45, 7) is 2.06. The first-order chi connectivity index (χ1) is 11.7. The van der Waals surface area contributed by atoms with Gasteiger partial charge >= 0.3 is 12.5 Å². The van der Waals surface area contributed by atoms with E-state index < -0.39 is 23.7 Å². The first-order valence-corrected chi connectivity index (χ1v) is 7.49. The molecule has 1 saturated heterocycles. The van der Waals surface area contributed by atoms with Crippen molar-refractivity contribution in [3.63, 3.8) is 0 Å². The number of halogens is 3. The number of benzene rings is 1. The van der Waals surface area contributed by atoms with E-state index in [9.17, 15) is 23.1 Å². The molecule has 0 spiro atoms. The fourth-order valence-corrected chi connectivity index (χ4v) is 3.00. The van der Waals surface area contributed by atoms with Gasteiger partial charge in [-0.1, -0.05) is 12.1 Å². The van der Waals surface area contributed by atoms with Gasteiger partial charge in [0.05, 0.1) is 5.56 Å². The monoisotopic (exact) mass is 356 g/mol.